The van der Waals surface area contributed by atoms with Crippen LogP contribution >= 0.6 is 11.3 Å². The lowest BCUT2D eigenvalue weighted by Gasteiger charge is -2.13. The number of carbonyl (C=O) groups is 1. The molecule has 6 nitrogen and oxygen atoms in total. The Hall–Kier alpha value is -2.15. The average molecular weight is 372 g/mol. The highest BCUT2D eigenvalue weighted by Gasteiger charge is 2.19. The summed E-state index contributed by atoms with van der Waals surface area (Å²) in [5, 5.41) is 13.4. The second-order valence-electron chi connectivity index (χ2n) is 6.94. The molecule has 0 bridgehead atoms. The maximum absolute atomic E-state index is 12.6. The molecule has 1 aliphatic heterocycles. The second-order valence-corrected chi connectivity index (χ2v) is 7.87. The molecule has 3 heterocycles. The first-order valence-corrected chi connectivity index (χ1v) is 10.4. The van der Waals surface area contributed by atoms with Gasteiger partial charge in [0.1, 0.15) is 5.69 Å². The molecule has 1 amide bonds. The Labute approximate surface area is 157 Å². The van der Waals surface area contributed by atoms with E-state index in [4.69, 9.17) is 0 Å². The largest absolute Gasteiger partial charge is 0.350 e. The Bertz CT molecular complexity index is 787. The minimum atomic E-state index is -0.0515. The molecule has 1 fully saturated rings. The molecule has 0 saturated carbocycles. The van der Waals surface area contributed by atoms with Crippen molar-refractivity contribution < 1.29 is 4.79 Å². The number of amides is 1. The van der Waals surface area contributed by atoms with Crippen LogP contribution in [0.15, 0.2) is 30.0 Å². The zero-order valence-electron chi connectivity index (χ0n) is 15.0. The molecule has 0 atom stereocenters. The highest BCUT2D eigenvalue weighted by molar-refractivity contribution is 7.17. The van der Waals surface area contributed by atoms with Gasteiger partial charge in [-0.15, -0.1) is 10.2 Å². The zero-order valence-corrected chi connectivity index (χ0v) is 15.8. The van der Waals surface area contributed by atoms with Gasteiger partial charge in [0.15, 0.2) is 0 Å². The standard InChI is InChI=1S/C19H25N5OS/c25-17(20-11-10-15-7-2-1-3-8-15)16-9-6-14-24(16)19-22-21-18(26-19)23-12-4-5-13-23/h6-7,9,14H,1-5,8,10-13H2,(H,20,25). The highest BCUT2D eigenvalue weighted by Crippen LogP contribution is 2.27. The summed E-state index contributed by atoms with van der Waals surface area (Å²) in [5.41, 5.74) is 2.10. The van der Waals surface area contributed by atoms with E-state index in [0.29, 0.717) is 12.2 Å². The molecule has 2 aromatic rings. The van der Waals surface area contributed by atoms with Crippen LogP contribution in [-0.2, 0) is 0 Å². The SMILES string of the molecule is O=C(NCCC1=CCCCC1)c1cccn1-c1nnc(N2CCCC2)s1. The van der Waals surface area contributed by atoms with E-state index in [2.05, 4.69) is 26.5 Å². The molecule has 1 aliphatic carbocycles. The molecule has 0 unspecified atom stereocenters. The van der Waals surface area contributed by atoms with Gasteiger partial charge in [-0.25, -0.2) is 0 Å². The van der Waals surface area contributed by atoms with Crippen molar-refractivity contribution in [1.29, 1.82) is 0 Å². The monoisotopic (exact) mass is 371 g/mol. The molecule has 138 valence electrons. The fourth-order valence-corrected chi connectivity index (χ4v) is 4.53. The molecule has 0 spiro atoms. The Morgan fingerprint density at radius 3 is 2.81 bits per heavy atom. The molecule has 0 radical (unpaired) electrons. The summed E-state index contributed by atoms with van der Waals surface area (Å²) in [6, 6.07) is 3.72. The first kappa shape index (κ1) is 17.3. The molecule has 1 saturated heterocycles. The van der Waals surface area contributed by atoms with E-state index in [1.165, 1.54) is 44.1 Å². The van der Waals surface area contributed by atoms with Crippen molar-refractivity contribution in [2.24, 2.45) is 0 Å². The van der Waals surface area contributed by atoms with Gasteiger partial charge in [-0.2, -0.15) is 0 Å². The highest BCUT2D eigenvalue weighted by atomic mass is 32.1. The fourth-order valence-electron chi connectivity index (χ4n) is 3.63. The molecule has 7 heteroatoms. The normalized spacial score (nSPS) is 17.4. The van der Waals surface area contributed by atoms with Crippen LogP contribution in [0, 0.1) is 0 Å². The van der Waals surface area contributed by atoms with Crippen LogP contribution in [0.2, 0.25) is 0 Å². The molecule has 1 N–H and O–H groups in total. The van der Waals surface area contributed by atoms with E-state index in [1.54, 1.807) is 11.3 Å². The third kappa shape index (κ3) is 3.82. The minimum Gasteiger partial charge on any atom is -0.350 e. The fraction of sp³-hybridized carbons (Fsp3) is 0.526. The quantitative estimate of drug-likeness (QED) is 0.789. The lowest BCUT2D eigenvalue weighted by atomic mass is 9.97. The summed E-state index contributed by atoms with van der Waals surface area (Å²) in [6.45, 7) is 2.78. The van der Waals surface area contributed by atoms with Crippen LogP contribution in [0.25, 0.3) is 5.13 Å². The van der Waals surface area contributed by atoms with E-state index < -0.39 is 0 Å². The Morgan fingerprint density at radius 1 is 1.15 bits per heavy atom. The summed E-state index contributed by atoms with van der Waals surface area (Å²) in [5.74, 6) is -0.0515. The van der Waals surface area contributed by atoms with Gasteiger partial charge in [-0.3, -0.25) is 9.36 Å². The predicted octanol–water partition coefficient (Wildman–Crippen LogP) is 3.55. The van der Waals surface area contributed by atoms with Gasteiger partial charge in [-0.1, -0.05) is 23.0 Å². The first-order valence-electron chi connectivity index (χ1n) is 9.53. The van der Waals surface area contributed by atoms with Crippen molar-refractivity contribution in [3.05, 3.63) is 35.7 Å². The predicted molar refractivity (Wildman–Crippen MR) is 104 cm³/mol. The Kier molecular flexibility index (Phi) is 5.34. The van der Waals surface area contributed by atoms with Crippen molar-refractivity contribution in [3.63, 3.8) is 0 Å². The van der Waals surface area contributed by atoms with Gasteiger partial charge in [0.2, 0.25) is 10.3 Å². The third-order valence-electron chi connectivity index (χ3n) is 5.08. The Morgan fingerprint density at radius 2 is 2.00 bits per heavy atom. The van der Waals surface area contributed by atoms with E-state index in [1.807, 2.05) is 22.9 Å². The molecule has 2 aromatic heterocycles. The van der Waals surface area contributed by atoms with Crippen molar-refractivity contribution in [2.75, 3.05) is 24.5 Å². The van der Waals surface area contributed by atoms with Gasteiger partial charge in [0, 0.05) is 25.8 Å². The molecule has 2 aliphatic rings. The zero-order chi connectivity index (χ0) is 17.8. The van der Waals surface area contributed by atoms with Crippen LogP contribution in [0.4, 0.5) is 5.13 Å². The van der Waals surface area contributed by atoms with Crippen molar-refractivity contribution in [2.45, 2.75) is 44.9 Å². The number of hydrogen-bond donors (Lipinski definition) is 1. The summed E-state index contributed by atoms with van der Waals surface area (Å²) in [7, 11) is 0. The van der Waals surface area contributed by atoms with E-state index in [-0.39, 0.29) is 5.91 Å². The van der Waals surface area contributed by atoms with Crippen LogP contribution in [0.5, 0.6) is 0 Å². The van der Waals surface area contributed by atoms with Crippen molar-refractivity contribution in [1.82, 2.24) is 20.1 Å². The maximum Gasteiger partial charge on any atom is 0.268 e. The molecule has 0 aromatic carbocycles. The van der Waals surface area contributed by atoms with Gasteiger partial charge >= 0.3 is 0 Å². The third-order valence-corrected chi connectivity index (χ3v) is 6.07. The lowest BCUT2D eigenvalue weighted by Crippen LogP contribution is -2.26. The van der Waals surface area contributed by atoms with Crippen LogP contribution in [0.1, 0.15) is 55.4 Å². The Balaban J connectivity index is 1.39. The number of nitrogens with zero attached hydrogens (tertiary/aromatic N) is 4. The first-order chi connectivity index (χ1) is 12.8. The van der Waals surface area contributed by atoms with Crippen LogP contribution in [0.3, 0.4) is 0 Å². The summed E-state index contributed by atoms with van der Waals surface area (Å²) >= 11 is 1.54. The van der Waals surface area contributed by atoms with Crippen molar-refractivity contribution in [3.8, 4) is 5.13 Å². The van der Waals surface area contributed by atoms with E-state index in [9.17, 15) is 4.79 Å². The number of allylic oxidation sites excluding steroid dienone is 1. The number of anilines is 1. The van der Waals surface area contributed by atoms with Crippen LogP contribution < -0.4 is 10.2 Å². The number of hydrogen-bond acceptors (Lipinski definition) is 5. The van der Waals surface area contributed by atoms with Gasteiger partial charge in [0.05, 0.1) is 0 Å². The smallest absolute Gasteiger partial charge is 0.268 e. The van der Waals surface area contributed by atoms with Gasteiger partial charge in [-0.05, 0) is 57.1 Å². The molecule has 26 heavy (non-hydrogen) atoms. The second kappa shape index (κ2) is 8.03. The summed E-state index contributed by atoms with van der Waals surface area (Å²) < 4.78 is 1.84. The van der Waals surface area contributed by atoms with Gasteiger partial charge in [0.25, 0.3) is 5.91 Å². The lowest BCUT2D eigenvalue weighted by molar-refractivity contribution is 0.0947. The minimum absolute atomic E-state index is 0.0515. The molecule has 4 rings (SSSR count). The number of nitrogens with one attached hydrogen (secondary N) is 1. The maximum atomic E-state index is 12.6. The van der Waals surface area contributed by atoms with Crippen LogP contribution in [-0.4, -0.2) is 40.3 Å². The number of rotatable bonds is 6. The van der Waals surface area contributed by atoms with E-state index in [0.717, 1.165) is 29.8 Å². The van der Waals surface area contributed by atoms with Crippen molar-refractivity contribution >= 4 is 22.4 Å². The summed E-state index contributed by atoms with van der Waals surface area (Å²) in [4.78, 5) is 14.9. The topological polar surface area (TPSA) is 63.1 Å². The number of carbonyl (C=O) groups excluding carboxylic acids is 1. The molecular formula is C19H25N5OS. The molecular weight excluding hydrogens is 346 g/mol. The van der Waals surface area contributed by atoms with E-state index >= 15 is 0 Å². The van der Waals surface area contributed by atoms with Gasteiger partial charge < -0.3 is 10.2 Å². The summed E-state index contributed by atoms with van der Waals surface area (Å²) in [6.07, 6.45) is 12.5. The number of aromatic nitrogens is 3. The average Bonchev–Trinajstić information content (AvgIpc) is 3.42.